The van der Waals surface area contributed by atoms with Gasteiger partial charge < -0.3 is 14.7 Å². The maximum atomic E-state index is 13.2. The molecule has 4 nitrogen and oxygen atoms in total. The molecule has 0 heterocycles. The lowest BCUT2D eigenvalue weighted by molar-refractivity contribution is -0.133. The molecule has 0 spiro atoms. The molecule has 216 valence electrons. The summed E-state index contributed by atoms with van der Waals surface area (Å²) in [6, 6.07) is 0.353. The molecule has 4 heteroatoms. The van der Waals surface area contributed by atoms with E-state index < -0.39 is 0 Å². The second-order valence-electron chi connectivity index (χ2n) is 11.0. The Morgan fingerprint density at radius 2 is 0.944 bits per heavy atom. The number of carbonyl (C=O) groups is 1. The van der Waals surface area contributed by atoms with Crippen LogP contribution in [0.4, 0.5) is 0 Å². The fourth-order valence-electron chi connectivity index (χ4n) is 5.34. The van der Waals surface area contributed by atoms with E-state index in [1.54, 1.807) is 0 Å². The number of carbonyl (C=O) groups excluding carboxylic acids is 1. The van der Waals surface area contributed by atoms with Crippen LogP contribution < -0.4 is 0 Å². The second kappa shape index (κ2) is 26.0. The molecule has 0 aromatic rings. The largest absolute Gasteiger partial charge is 0.340 e. The SMILES string of the molecule is CCCCCCCCCCCCCCCC(=O)N(CCCN(CC)CC)[C@H](C)CCCN(CC)CC. The summed E-state index contributed by atoms with van der Waals surface area (Å²) in [7, 11) is 0. The molecule has 0 bridgehead atoms. The van der Waals surface area contributed by atoms with Crippen LogP contribution in [0, 0.1) is 0 Å². The van der Waals surface area contributed by atoms with Gasteiger partial charge in [0.15, 0.2) is 0 Å². The van der Waals surface area contributed by atoms with Crippen LogP contribution in [-0.4, -0.2) is 72.5 Å². The highest BCUT2D eigenvalue weighted by atomic mass is 16.2. The molecule has 0 aliphatic carbocycles. The van der Waals surface area contributed by atoms with Crippen LogP contribution in [0.3, 0.4) is 0 Å². The summed E-state index contributed by atoms with van der Waals surface area (Å²) in [5.41, 5.74) is 0. The molecule has 0 saturated heterocycles. The Morgan fingerprint density at radius 3 is 1.39 bits per heavy atom. The minimum absolute atomic E-state index is 0.353. The van der Waals surface area contributed by atoms with E-state index in [1.807, 2.05) is 0 Å². The Bertz CT molecular complexity index is 462. The fraction of sp³-hybridized carbons (Fsp3) is 0.969. The topological polar surface area (TPSA) is 26.8 Å². The standard InChI is InChI=1S/C32H67N3O/c1-7-12-13-14-15-16-17-18-19-20-21-22-23-27-32(36)35(30-25-29-34(10-4)11-5)31(6)26-24-28-33(8-2)9-3/h31H,7-30H2,1-6H3/t31-/m1/s1. The molecule has 0 saturated carbocycles. The summed E-state index contributed by atoms with van der Waals surface area (Å²) < 4.78 is 0. The van der Waals surface area contributed by atoms with E-state index in [0.29, 0.717) is 11.9 Å². The molecule has 0 aliphatic rings. The van der Waals surface area contributed by atoms with E-state index >= 15 is 0 Å². The van der Waals surface area contributed by atoms with Gasteiger partial charge in [0.2, 0.25) is 5.91 Å². The van der Waals surface area contributed by atoms with Gasteiger partial charge in [0, 0.05) is 19.0 Å². The zero-order valence-corrected chi connectivity index (χ0v) is 25.8. The molecule has 0 aromatic carbocycles. The lowest BCUT2D eigenvalue weighted by atomic mass is 10.0. The fourth-order valence-corrected chi connectivity index (χ4v) is 5.34. The van der Waals surface area contributed by atoms with Crippen LogP contribution in [0.1, 0.15) is 151 Å². The van der Waals surface area contributed by atoms with Crippen LogP contribution in [0.15, 0.2) is 0 Å². The van der Waals surface area contributed by atoms with Gasteiger partial charge in [-0.3, -0.25) is 4.79 Å². The molecule has 0 N–H and O–H groups in total. The van der Waals surface area contributed by atoms with Crippen molar-refractivity contribution in [3.8, 4) is 0 Å². The van der Waals surface area contributed by atoms with Crippen LogP contribution >= 0.6 is 0 Å². The van der Waals surface area contributed by atoms with Crippen LogP contribution in [-0.2, 0) is 4.79 Å². The number of nitrogens with zero attached hydrogens (tertiary/aromatic N) is 3. The number of amides is 1. The van der Waals surface area contributed by atoms with Crippen molar-refractivity contribution < 1.29 is 4.79 Å². The maximum absolute atomic E-state index is 13.2. The molecule has 0 unspecified atom stereocenters. The third kappa shape index (κ3) is 19.5. The van der Waals surface area contributed by atoms with Crippen LogP contribution in [0.25, 0.3) is 0 Å². The first-order chi connectivity index (χ1) is 17.5. The first-order valence-electron chi connectivity index (χ1n) is 16.3. The smallest absolute Gasteiger partial charge is 0.222 e. The lowest BCUT2D eigenvalue weighted by Crippen LogP contribution is -2.41. The van der Waals surface area contributed by atoms with Gasteiger partial charge in [-0.25, -0.2) is 0 Å². The zero-order valence-electron chi connectivity index (χ0n) is 25.8. The predicted molar refractivity (Wildman–Crippen MR) is 161 cm³/mol. The van der Waals surface area contributed by atoms with Crippen molar-refractivity contribution >= 4 is 5.91 Å². The first-order valence-corrected chi connectivity index (χ1v) is 16.3. The van der Waals surface area contributed by atoms with E-state index in [0.717, 1.165) is 71.5 Å². The molecular weight excluding hydrogens is 442 g/mol. The minimum atomic E-state index is 0.353. The highest BCUT2D eigenvalue weighted by Crippen LogP contribution is 2.15. The van der Waals surface area contributed by atoms with Crippen molar-refractivity contribution in [1.82, 2.24) is 14.7 Å². The van der Waals surface area contributed by atoms with Gasteiger partial charge in [-0.2, -0.15) is 0 Å². The predicted octanol–water partition coefficient (Wildman–Crippen LogP) is 8.54. The summed E-state index contributed by atoms with van der Waals surface area (Å²) in [6.07, 6.45) is 21.7. The summed E-state index contributed by atoms with van der Waals surface area (Å²) in [5, 5.41) is 0. The second-order valence-corrected chi connectivity index (χ2v) is 11.0. The van der Waals surface area contributed by atoms with E-state index in [9.17, 15) is 4.79 Å². The Hall–Kier alpha value is -0.610. The van der Waals surface area contributed by atoms with Gasteiger partial charge >= 0.3 is 0 Å². The van der Waals surface area contributed by atoms with E-state index in [4.69, 9.17) is 0 Å². The zero-order chi connectivity index (χ0) is 26.9. The van der Waals surface area contributed by atoms with Crippen molar-refractivity contribution in [2.24, 2.45) is 0 Å². The van der Waals surface area contributed by atoms with Gasteiger partial charge in [0.05, 0.1) is 0 Å². The highest BCUT2D eigenvalue weighted by Gasteiger charge is 2.19. The van der Waals surface area contributed by atoms with E-state index in [-0.39, 0.29) is 0 Å². The van der Waals surface area contributed by atoms with Crippen LogP contribution in [0.2, 0.25) is 0 Å². The number of hydrogen-bond donors (Lipinski definition) is 0. The van der Waals surface area contributed by atoms with Crippen LogP contribution in [0.5, 0.6) is 0 Å². The van der Waals surface area contributed by atoms with Gasteiger partial charge in [-0.1, -0.05) is 112 Å². The molecule has 1 atom stereocenters. The lowest BCUT2D eigenvalue weighted by Gasteiger charge is -2.31. The van der Waals surface area contributed by atoms with E-state index in [1.165, 1.54) is 83.5 Å². The molecule has 36 heavy (non-hydrogen) atoms. The molecule has 0 aliphatic heterocycles. The van der Waals surface area contributed by atoms with Crippen molar-refractivity contribution in [3.63, 3.8) is 0 Å². The third-order valence-corrected chi connectivity index (χ3v) is 8.11. The molecule has 0 radical (unpaired) electrons. The van der Waals surface area contributed by atoms with Gasteiger partial charge in [-0.15, -0.1) is 0 Å². The first kappa shape index (κ1) is 35.4. The van der Waals surface area contributed by atoms with Crippen molar-refractivity contribution in [2.45, 2.75) is 157 Å². The molecule has 0 rings (SSSR count). The number of unbranched alkanes of at least 4 members (excludes halogenated alkanes) is 12. The summed E-state index contributed by atoms with van der Waals surface area (Å²) in [5.74, 6) is 0.396. The molecule has 1 amide bonds. The molecule has 0 aromatic heterocycles. The quantitative estimate of drug-likeness (QED) is 0.104. The van der Waals surface area contributed by atoms with E-state index in [2.05, 4.69) is 56.2 Å². The molecular formula is C32H67N3O. The van der Waals surface area contributed by atoms with Crippen molar-refractivity contribution in [2.75, 3.05) is 45.8 Å². The maximum Gasteiger partial charge on any atom is 0.222 e. The average Bonchev–Trinajstić information content (AvgIpc) is 2.89. The monoisotopic (exact) mass is 510 g/mol. The Morgan fingerprint density at radius 1 is 0.528 bits per heavy atom. The normalized spacial score (nSPS) is 12.6. The summed E-state index contributed by atoms with van der Waals surface area (Å²) in [4.78, 5) is 20.4. The van der Waals surface area contributed by atoms with Crippen molar-refractivity contribution in [1.29, 1.82) is 0 Å². The average molecular weight is 510 g/mol. The highest BCUT2D eigenvalue weighted by molar-refractivity contribution is 5.76. The number of hydrogen-bond acceptors (Lipinski definition) is 3. The third-order valence-electron chi connectivity index (χ3n) is 8.11. The number of rotatable bonds is 27. The van der Waals surface area contributed by atoms with Crippen molar-refractivity contribution in [3.05, 3.63) is 0 Å². The summed E-state index contributed by atoms with van der Waals surface area (Å²) >= 11 is 0. The van der Waals surface area contributed by atoms with Gasteiger partial charge in [0.1, 0.15) is 0 Å². The Labute approximate surface area is 227 Å². The Balaban J connectivity index is 4.23. The molecule has 0 fully saturated rings. The summed E-state index contributed by atoms with van der Waals surface area (Å²) in [6.45, 7) is 21.1. The van der Waals surface area contributed by atoms with Gasteiger partial charge in [0.25, 0.3) is 0 Å². The van der Waals surface area contributed by atoms with Gasteiger partial charge in [-0.05, 0) is 71.9 Å². The minimum Gasteiger partial charge on any atom is -0.340 e. The Kier molecular flexibility index (Phi) is 25.6.